The molecule has 1 unspecified atom stereocenters. The quantitative estimate of drug-likeness (QED) is 0.629. The standard InChI is InChI=1S/C10H21NO/c1-10(2)6-3-5-9(10)11-7-4-8-12/h9,11-12H,3-8H2,1-2H3. The summed E-state index contributed by atoms with van der Waals surface area (Å²) in [6.07, 6.45) is 4.87. The van der Waals surface area contributed by atoms with Crippen molar-refractivity contribution in [2.45, 2.75) is 45.6 Å². The van der Waals surface area contributed by atoms with Crippen molar-refractivity contribution < 1.29 is 5.11 Å². The largest absolute Gasteiger partial charge is 0.396 e. The van der Waals surface area contributed by atoms with Crippen LogP contribution in [0.1, 0.15) is 39.5 Å². The Bertz CT molecular complexity index is 134. The SMILES string of the molecule is CC1(C)CCCC1NCCCO. The lowest BCUT2D eigenvalue weighted by atomic mass is 9.87. The molecule has 2 heteroatoms. The first-order valence-corrected chi connectivity index (χ1v) is 5.01. The van der Waals surface area contributed by atoms with Gasteiger partial charge >= 0.3 is 0 Å². The van der Waals surface area contributed by atoms with Crippen molar-refractivity contribution in [1.29, 1.82) is 0 Å². The van der Waals surface area contributed by atoms with Gasteiger partial charge in [0.25, 0.3) is 0 Å². The van der Waals surface area contributed by atoms with E-state index in [1.165, 1.54) is 19.3 Å². The third-order valence-electron chi connectivity index (χ3n) is 2.98. The molecule has 0 amide bonds. The van der Waals surface area contributed by atoms with Crippen LogP contribution in [0.5, 0.6) is 0 Å². The van der Waals surface area contributed by atoms with Crippen molar-refractivity contribution in [3.63, 3.8) is 0 Å². The highest BCUT2D eigenvalue weighted by Crippen LogP contribution is 2.36. The van der Waals surface area contributed by atoms with Gasteiger partial charge in [-0.05, 0) is 31.2 Å². The average molecular weight is 171 g/mol. The number of nitrogens with one attached hydrogen (secondary N) is 1. The van der Waals surface area contributed by atoms with Gasteiger partial charge < -0.3 is 10.4 Å². The van der Waals surface area contributed by atoms with E-state index in [4.69, 9.17) is 5.11 Å². The number of hydrogen-bond donors (Lipinski definition) is 2. The van der Waals surface area contributed by atoms with Gasteiger partial charge in [0.15, 0.2) is 0 Å². The van der Waals surface area contributed by atoms with E-state index in [9.17, 15) is 0 Å². The molecule has 0 heterocycles. The summed E-state index contributed by atoms with van der Waals surface area (Å²) in [5, 5.41) is 12.1. The van der Waals surface area contributed by atoms with Crippen molar-refractivity contribution in [3.05, 3.63) is 0 Å². The van der Waals surface area contributed by atoms with Gasteiger partial charge in [-0.3, -0.25) is 0 Å². The zero-order chi connectivity index (χ0) is 9.03. The van der Waals surface area contributed by atoms with Crippen LogP contribution in [0.3, 0.4) is 0 Å². The Balaban J connectivity index is 2.22. The second kappa shape index (κ2) is 4.24. The van der Waals surface area contributed by atoms with Gasteiger partial charge in [-0.25, -0.2) is 0 Å². The molecule has 1 saturated carbocycles. The predicted molar refractivity (Wildman–Crippen MR) is 51.1 cm³/mol. The monoisotopic (exact) mass is 171 g/mol. The normalized spacial score (nSPS) is 27.8. The molecular weight excluding hydrogens is 150 g/mol. The molecule has 1 fully saturated rings. The second-order valence-corrected chi connectivity index (χ2v) is 4.46. The Morgan fingerprint density at radius 3 is 2.75 bits per heavy atom. The smallest absolute Gasteiger partial charge is 0.0443 e. The minimum atomic E-state index is 0.306. The minimum Gasteiger partial charge on any atom is -0.396 e. The molecule has 72 valence electrons. The van der Waals surface area contributed by atoms with Crippen LogP contribution in [-0.2, 0) is 0 Å². The molecular formula is C10H21NO. The topological polar surface area (TPSA) is 32.3 Å². The molecule has 0 aromatic heterocycles. The van der Waals surface area contributed by atoms with Gasteiger partial charge in [0.1, 0.15) is 0 Å². The van der Waals surface area contributed by atoms with Crippen LogP contribution >= 0.6 is 0 Å². The Hall–Kier alpha value is -0.0800. The molecule has 1 rings (SSSR count). The van der Waals surface area contributed by atoms with E-state index in [1.807, 2.05) is 0 Å². The van der Waals surface area contributed by atoms with Crippen molar-refractivity contribution in [1.82, 2.24) is 5.32 Å². The molecule has 2 N–H and O–H groups in total. The molecule has 12 heavy (non-hydrogen) atoms. The molecule has 1 atom stereocenters. The first-order chi connectivity index (χ1) is 5.67. The average Bonchev–Trinajstić information content (AvgIpc) is 2.32. The maximum absolute atomic E-state index is 8.63. The number of aliphatic hydroxyl groups is 1. The van der Waals surface area contributed by atoms with Gasteiger partial charge in [0.05, 0.1) is 0 Å². The van der Waals surface area contributed by atoms with E-state index in [0.717, 1.165) is 13.0 Å². The van der Waals surface area contributed by atoms with E-state index < -0.39 is 0 Å². The van der Waals surface area contributed by atoms with Gasteiger partial charge in [-0.2, -0.15) is 0 Å². The molecule has 0 aromatic carbocycles. The van der Waals surface area contributed by atoms with Crippen LogP contribution in [0.25, 0.3) is 0 Å². The van der Waals surface area contributed by atoms with Crippen molar-refractivity contribution in [3.8, 4) is 0 Å². The first-order valence-electron chi connectivity index (χ1n) is 5.01. The second-order valence-electron chi connectivity index (χ2n) is 4.46. The van der Waals surface area contributed by atoms with Gasteiger partial charge in [0, 0.05) is 12.6 Å². The molecule has 0 bridgehead atoms. The van der Waals surface area contributed by atoms with Gasteiger partial charge in [0.2, 0.25) is 0 Å². The molecule has 2 nitrogen and oxygen atoms in total. The highest BCUT2D eigenvalue weighted by molar-refractivity contribution is 4.89. The molecule has 1 aliphatic rings. The number of hydrogen-bond acceptors (Lipinski definition) is 2. The lowest BCUT2D eigenvalue weighted by molar-refractivity contribution is 0.256. The Morgan fingerprint density at radius 2 is 2.25 bits per heavy atom. The fraction of sp³-hybridized carbons (Fsp3) is 1.00. The van der Waals surface area contributed by atoms with Crippen LogP contribution in [0.2, 0.25) is 0 Å². The summed E-state index contributed by atoms with van der Waals surface area (Å²) in [7, 11) is 0. The van der Waals surface area contributed by atoms with Crippen molar-refractivity contribution >= 4 is 0 Å². The van der Waals surface area contributed by atoms with Crippen molar-refractivity contribution in [2.24, 2.45) is 5.41 Å². The maximum atomic E-state index is 8.63. The summed E-state index contributed by atoms with van der Waals surface area (Å²) in [4.78, 5) is 0. The van der Waals surface area contributed by atoms with Crippen molar-refractivity contribution in [2.75, 3.05) is 13.2 Å². The maximum Gasteiger partial charge on any atom is 0.0443 e. The summed E-state index contributed by atoms with van der Waals surface area (Å²) in [6, 6.07) is 0.670. The van der Waals surface area contributed by atoms with Crippen LogP contribution in [-0.4, -0.2) is 24.3 Å². The highest BCUT2D eigenvalue weighted by atomic mass is 16.3. The molecule has 1 aliphatic carbocycles. The summed E-state index contributed by atoms with van der Waals surface area (Å²) in [5.74, 6) is 0. The lowest BCUT2D eigenvalue weighted by Crippen LogP contribution is -2.38. The van der Waals surface area contributed by atoms with E-state index in [-0.39, 0.29) is 0 Å². The van der Waals surface area contributed by atoms with Crippen LogP contribution in [0.4, 0.5) is 0 Å². The summed E-state index contributed by atoms with van der Waals surface area (Å²) < 4.78 is 0. The zero-order valence-electron chi connectivity index (χ0n) is 8.27. The number of aliphatic hydroxyl groups excluding tert-OH is 1. The zero-order valence-corrected chi connectivity index (χ0v) is 8.27. The summed E-state index contributed by atoms with van der Waals surface area (Å²) >= 11 is 0. The lowest BCUT2D eigenvalue weighted by Gasteiger charge is -2.27. The van der Waals surface area contributed by atoms with E-state index in [0.29, 0.717) is 18.1 Å². The molecule has 0 spiro atoms. The van der Waals surface area contributed by atoms with E-state index in [1.54, 1.807) is 0 Å². The molecule has 0 aromatic rings. The van der Waals surface area contributed by atoms with Crippen LogP contribution in [0.15, 0.2) is 0 Å². The fourth-order valence-corrected chi connectivity index (χ4v) is 2.06. The first kappa shape index (κ1) is 10.0. The van der Waals surface area contributed by atoms with Gasteiger partial charge in [-0.1, -0.05) is 20.3 Å². The molecule has 0 aliphatic heterocycles. The van der Waals surface area contributed by atoms with E-state index in [2.05, 4.69) is 19.2 Å². The predicted octanol–water partition coefficient (Wildman–Crippen LogP) is 1.54. The van der Waals surface area contributed by atoms with Crippen LogP contribution in [0, 0.1) is 5.41 Å². The molecule has 0 saturated heterocycles. The summed E-state index contributed by atoms with van der Waals surface area (Å²) in [5.41, 5.74) is 0.468. The number of rotatable bonds is 4. The highest BCUT2D eigenvalue weighted by Gasteiger charge is 2.33. The Labute approximate surface area is 75.4 Å². The fourth-order valence-electron chi connectivity index (χ4n) is 2.06. The Morgan fingerprint density at radius 1 is 1.50 bits per heavy atom. The summed E-state index contributed by atoms with van der Waals surface area (Å²) in [6.45, 7) is 5.93. The molecule has 0 radical (unpaired) electrons. The minimum absolute atomic E-state index is 0.306. The third-order valence-corrected chi connectivity index (χ3v) is 2.98. The van der Waals surface area contributed by atoms with Crippen LogP contribution < -0.4 is 5.32 Å². The Kier molecular flexibility index (Phi) is 3.53. The van der Waals surface area contributed by atoms with E-state index >= 15 is 0 Å². The third kappa shape index (κ3) is 2.46. The van der Waals surface area contributed by atoms with Gasteiger partial charge in [-0.15, -0.1) is 0 Å².